The lowest BCUT2D eigenvalue weighted by atomic mass is 9.96. The first-order chi connectivity index (χ1) is 21.0. The molecule has 2 aromatic carbocycles. The van der Waals surface area contributed by atoms with E-state index in [1.165, 1.54) is 16.7 Å². The van der Waals surface area contributed by atoms with Crippen LogP contribution in [-0.2, 0) is 4.74 Å². The number of fused-ring (bicyclic) bond motifs is 1. The lowest BCUT2D eigenvalue weighted by Gasteiger charge is -2.37. The molecule has 0 amide bonds. The monoisotopic (exact) mass is 627 g/mol. The van der Waals surface area contributed by atoms with Crippen molar-refractivity contribution in [2.45, 2.75) is 64.7 Å². The van der Waals surface area contributed by atoms with Crippen molar-refractivity contribution in [1.82, 2.24) is 20.4 Å². The van der Waals surface area contributed by atoms with E-state index in [4.69, 9.17) is 32.9 Å². The molecule has 0 saturated carbocycles. The molecule has 236 valence electrons. The third kappa shape index (κ3) is 11.0. The summed E-state index contributed by atoms with van der Waals surface area (Å²) in [5.74, 6) is 1.03. The van der Waals surface area contributed by atoms with E-state index in [2.05, 4.69) is 76.9 Å². The normalized spacial score (nSPS) is 19.1. The number of rotatable bonds is 14. The van der Waals surface area contributed by atoms with Crippen molar-refractivity contribution in [2.24, 2.45) is 4.99 Å². The van der Waals surface area contributed by atoms with Crippen molar-refractivity contribution in [3.8, 4) is 0 Å². The summed E-state index contributed by atoms with van der Waals surface area (Å²) in [5, 5.41) is 9.04. The van der Waals surface area contributed by atoms with Crippen molar-refractivity contribution < 1.29 is 4.74 Å². The zero-order valence-corrected chi connectivity index (χ0v) is 28.2. The van der Waals surface area contributed by atoms with Crippen LogP contribution >= 0.6 is 23.2 Å². The minimum absolute atomic E-state index is 0.146. The van der Waals surface area contributed by atoms with E-state index < -0.39 is 0 Å². The predicted octanol–water partition coefficient (Wildman–Crippen LogP) is 7.35. The molecule has 1 saturated heterocycles. The molecule has 2 N–H and O–H groups in total. The van der Waals surface area contributed by atoms with Crippen LogP contribution in [0, 0.1) is 0 Å². The van der Waals surface area contributed by atoms with Gasteiger partial charge in [0.25, 0.3) is 0 Å². The minimum atomic E-state index is 0.146. The standard InChI is InChI=1S/C33H45Cl2N5O.C2H6/c1-4-40(32(25-12-16-27(34)17-13-25)26-14-18-28(35)19-15-26)22-9-21-39(2)24-31-37-30-11-7-5-6-10-29(30)33(38-31)36-20-8-23-41-3;1-2/h5-6,10,12-19,30-32,37H,4,7-9,11,20-24H2,1-3H3,(H,36,38);1-2H3. The van der Waals surface area contributed by atoms with Gasteiger partial charge in [-0.1, -0.05) is 86.5 Å². The number of aliphatic imine (C=N–C) groups is 1. The number of nitrogens with zero attached hydrogens (tertiary/aromatic N) is 3. The Hall–Kier alpha value is -2.19. The van der Waals surface area contributed by atoms with Gasteiger partial charge in [0, 0.05) is 55.0 Å². The zero-order valence-electron chi connectivity index (χ0n) is 26.7. The molecule has 2 aliphatic rings. The second kappa shape index (κ2) is 19.3. The number of ether oxygens (including phenoxy) is 1. The zero-order chi connectivity index (χ0) is 31.0. The van der Waals surface area contributed by atoms with E-state index in [0.29, 0.717) is 6.04 Å². The summed E-state index contributed by atoms with van der Waals surface area (Å²) in [7, 11) is 3.95. The maximum absolute atomic E-state index is 6.22. The van der Waals surface area contributed by atoms with Gasteiger partial charge in [0.1, 0.15) is 5.84 Å². The van der Waals surface area contributed by atoms with Gasteiger partial charge in [0.05, 0.1) is 12.2 Å². The van der Waals surface area contributed by atoms with Crippen LogP contribution in [0.4, 0.5) is 0 Å². The number of amidine groups is 1. The Morgan fingerprint density at radius 3 is 2.23 bits per heavy atom. The van der Waals surface area contributed by atoms with E-state index in [-0.39, 0.29) is 12.2 Å². The maximum Gasteiger partial charge on any atom is 0.126 e. The van der Waals surface area contributed by atoms with Crippen molar-refractivity contribution in [3.05, 3.63) is 93.5 Å². The topological polar surface area (TPSA) is 52.1 Å². The third-order valence-corrected chi connectivity index (χ3v) is 8.30. The number of likely N-dealkylation sites (N-methyl/N-ethyl adjacent to an activating group) is 1. The first kappa shape index (κ1) is 35.3. The Kier molecular flexibility index (Phi) is 15.8. The first-order valence-electron chi connectivity index (χ1n) is 15.8. The van der Waals surface area contributed by atoms with Gasteiger partial charge in [-0.3, -0.25) is 15.2 Å². The highest BCUT2D eigenvalue weighted by molar-refractivity contribution is 6.30. The van der Waals surface area contributed by atoms with Gasteiger partial charge in [0.15, 0.2) is 0 Å². The van der Waals surface area contributed by atoms with Crippen LogP contribution in [0.2, 0.25) is 10.0 Å². The van der Waals surface area contributed by atoms with E-state index in [1.807, 2.05) is 38.1 Å². The summed E-state index contributed by atoms with van der Waals surface area (Å²) < 4.78 is 5.22. The lowest BCUT2D eigenvalue weighted by Crippen LogP contribution is -2.61. The van der Waals surface area contributed by atoms with Crippen molar-refractivity contribution in [1.29, 1.82) is 0 Å². The number of allylic oxidation sites excluding steroid dienone is 3. The highest BCUT2D eigenvalue weighted by Gasteiger charge is 2.30. The largest absolute Gasteiger partial charge is 0.385 e. The quantitative estimate of drug-likeness (QED) is 0.214. The van der Waals surface area contributed by atoms with Crippen molar-refractivity contribution in [2.75, 3.05) is 53.5 Å². The van der Waals surface area contributed by atoms with E-state index in [0.717, 1.165) is 80.9 Å². The van der Waals surface area contributed by atoms with Crippen LogP contribution in [-0.4, -0.2) is 81.3 Å². The molecular weight excluding hydrogens is 577 g/mol. The second-order valence-electron chi connectivity index (χ2n) is 10.9. The average molecular weight is 629 g/mol. The summed E-state index contributed by atoms with van der Waals surface area (Å²) in [6.07, 6.45) is 10.9. The molecule has 0 radical (unpaired) electrons. The molecule has 2 atom stereocenters. The molecule has 0 aromatic heterocycles. The molecule has 1 heterocycles. The van der Waals surface area contributed by atoms with Crippen LogP contribution in [0.15, 0.2) is 77.3 Å². The second-order valence-corrected chi connectivity index (χ2v) is 11.7. The smallest absolute Gasteiger partial charge is 0.126 e. The van der Waals surface area contributed by atoms with E-state index >= 15 is 0 Å². The number of nitrogens with one attached hydrogen (secondary N) is 2. The van der Waals surface area contributed by atoms with Crippen LogP contribution in [0.5, 0.6) is 0 Å². The first-order valence-corrected chi connectivity index (χ1v) is 16.6. The van der Waals surface area contributed by atoms with Crippen molar-refractivity contribution in [3.63, 3.8) is 0 Å². The van der Waals surface area contributed by atoms with Crippen molar-refractivity contribution >= 4 is 29.0 Å². The molecular formula is C35H51Cl2N5O. The molecule has 8 heteroatoms. The van der Waals surface area contributed by atoms with Gasteiger partial charge in [-0.2, -0.15) is 0 Å². The Labute approximate surface area is 270 Å². The predicted molar refractivity (Wildman–Crippen MR) is 185 cm³/mol. The Bertz CT molecular complexity index is 1120. The van der Waals surface area contributed by atoms with Gasteiger partial charge in [-0.15, -0.1) is 0 Å². The Balaban J connectivity index is 0.00000248. The molecule has 2 unspecified atom stereocenters. The van der Waals surface area contributed by atoms with Gasteiger partial charge in [0.2, 0.25) is 0 Å². The van der Waals surface area contributed by atoms with Crippen LogP contribution < -0.4 is 10.6 Å². The van der Waals surface area contributed by atoms with E-state index in [9.17, 15) is 0 Å². The number of hydrogen-bond donors (Lipinski definition) is 2. The third-order valence-electron chi connectivity index (χ3n) is 7.79. The molecule has 6 nitrogen and oxygen atoms in total. The SMILES string of the molecule is CC.CCN(CCCN(C)CC1NC(=NCCCOC)C2=CC=CCCC2N1)C(c1ccc(Cl)cc1)c1ccc(Cl)cc1. The molecule has 2 aromatic rings. The highest BCUT2D eigenvalue weighted by atomic mass is 35.5. The Morgan fingerprint density at radius 2 is 1.63 bits per heavy atom. The number of halogens is 2. The highest BCUT2D eigenvalue weighted by Crippen LogP contribution is 2.30. The molecule has 1 aliphatic carbocycles. The number of methoxy groups -OCH3 is 1. The fraction of sp³-hybridized carbons (Fsp3) is 0.514. The summed E-state index contributed by atoms with van der Waals surface area (Å²) in [6, 6.07) is 16.9. The summed E-state index contributed by atoms with van der Waals surface area (Å²) in [5.41, 5.74) is 3.74. The molecule has 0 bridgehead atoms. The number of hydrogen-bond acceptors (Lipinski definition) is 5. The maximum atomic E-state index is 6.22. The van der Waals surface area contributed by atoms with Gasteiger partial charge in [-0.25, -0.2) is 0 Å². The van der Waals surface area contributed by atoms with Crippen LogP contribution in [0.25, 0.3) is 0 Å². The number of benzene rings is 2. The van der Waals surface area contributed by atoms with Crippen LogP contribution in [0.1, 0.15) is 63.6 Å². The van der Waals surface area contributed by atoms with Gasteiger partial charge >= 0.3 is 0 Å². The summed E-state index contributed by atoms with van der Waals surface area (Å²) >= 11 is 12.4. The van der Waals surface area contributed by atoms with Crippen LogP contribution in [0.3, 0.4) is 0 Å². The summed E-state index contributed by atoms with van der Waals surface area (Å²) in [4.78, 5) is 9.89. The molecule has 0 spiro atoms. The molecule has 4 rings (SSSR count). The Morgan fingerprint density at radius 1 is 0.977 bits per heavy atom. The molecule has 1 fully saturated rings. The fourth-order valence-electron chi connectivity index (χ4n) is 5.71. The minimum Gasteiger partial charge on any atom is -0.385 e. The van der Waals surface area contributed by atoms with Gasteiger partial charge in [-0.05, 0) is 81.2 Å². The lowest BCUT2D eigenvalue weighted by molar-refractivity contribution is 0.197. The van der Waals surface area contributed by atoms with E-state index in [1.54, 1.807) is 7.11 Å². The molecule has 1 aliphatic heterocycles. The van der Waals surface area contributed by atoms with Gasteiger partial charge < -0.3 is 15.0 Å². The average Bonchev–Trinajstić information content (AvgIpc) is 3.27. The summed E-state index contributed by atoms with van der Waals surface area (Å²) in [6.45, 7) is 11.6. The fourth-order valence-corrected chi connectivity index (χ4v) is 5.96. The molecule has 43 heavy (non-hydrogen) atoms.